The molecule has 0 aliphatic rings. The highest BCUT2D eigenvalue weighted by Crippen LogP contribution is 2.32. The van der Waals surface area contributed by atoms with E-state index in [2.05, 4.69) is 5.16 Å². The fraction of sp³-hybridized carbons (Fsp3) is 0.462. The lowest BCUT2D eigenvalue weighted by Gasteiger charge is -2.12. The zero-order chi connectivity index (χ0) is 13.5. The van der Waals surface area contributed by atoms with Gasteiger partial charge in [0, 0.05) is 12.1 Å². The number of ether oxygens (including phenoxy) is 3. The predicted octanol–water partition coefficient (Wildman–Crippen LogP) is 2.47. The number of benzene rings is 1. The van der Waals surface area contributed by atoms with Crippen LogP contribution < -0.4 is 14.2 Å². The Morgan fingerprint density at radius 2 is 1.56 bits per heavy atom. The molecule has 0 atom stereocenters. The van der Waals surface area contributed by atoms with Crippen LogP contribution in [0.15, 0.2) is 17.3 Å². The maximum atomic E-state index is 5.28. The van der Waals surface area contributed by atoms with Crippen molar-refractivity contribution in [2.24, 2.45) is 5.16 Å². The van der Waals surface area contributed by atoms with E-state index in [9.17, 15) is 0 Å². The molecular weight excluding hydrogens is 234 g/mol. The number of hydrogen-bond donors (Lipinski definition) is 0. The fourth-order valence-electron chi connectivity index (χ4n) is 1.36. The Labute approximate surface area is 107 Å². The normalized spacial score (nSPS) is 10.8. The van der Waals surface area contributed by atoms with Crippen LogP contribution in [0.5, 0.6) is 17.2 Å². The minimum atomic E-state index is 0.0245. The molecule has 0 aliphatic carbocycles. The Bertz CT molecular complexity index is 390. The molecule has 0 fully saturated rings. The summed E-state index contributed by atoms with van der Waals surface area (Å²) in [7, 11) is 4.74. The summed E-state index contributed by atoms with van der Waals surface area (Å²) in [5.74, 6) is 1.88. The summed E-state index contributed by atoms with van der Waals surface area (Å²) in [4.78, 5) is 5.13. The summed E-state index contributed by atoms with van der Waals surface area (Å²) < 4.78 is 15.7. The van der Waals surface area contributed by atoms with Gasteiger partial charge < -0.3 is 19.0 Å². The second kappa shape index (κ2) is 6.74. The Morgan fingerprint density at radius 3 is 1.94 bits per heavy atom. The van der Waals surface area contributed by atoms with E-state index in [0.717, 1.165) is 0 Å². The molecule has 0 radical (unpaired) electrons. The molecule has 18 heavy (non-hydrogen) atoms. The van der Waals surface area contributed by atoms with Crippen LogP contribution in [0.1, 0.15) is 19.4 Å². The smallest absolute Gasteiger partial charge is 0.135 e. The monoisotopic (exact) mass is 253 g/mol. The summed E-state index contributed by atoms with van der Waals surface area (Å²) in [5.41, 5.74) is 0.710. The van der Waals surface area contributed by atoms with Crippen molar-refractivity contribution in [2.75, 3.05) is 21.3 Å². The quantitative estimate of drug-likeness (QED) is 0.577. The Kier molecular flexibility index (Phi) is 5.30. The van der Waals surface area contributed by atoms with Gasteiger partial charge in [-0.1, -0.05) is 5.16 Å². The largest absolute Gasteiger partial charge is 0.496 e. The van der Waals surface area contributed by atoms with Crippen molar-refractivity contribution >= 4 is 6.21 Å². The van der Waals surface area contributed by atoms with Crippen molar-refractivity contribution in [1.82, 2.24) is 0 Å². The third-order valence-corrected chi connectivity index (χ3v) is 2.21. The van der Waals surface area contributed by atoms with E-state index in [1.165, 1.54) is 0 Å². The zero-order valence-electron chi connectivity index (χ0n) is 11.4. The lowest BCUT2D eigenvalue weighted by molar-refractivity contribution is 0.0873. The van der Waals surface area contributed by atoms with Crippen LogP contribution in [0, 0.1) is 0 Å². The van der Waals surface area contributed by atoms with Gasteiger partial charge in [0.2, 0.25) is 0 Å². The average molecular weight is 253 g/mol. The number of methoxy groups -OCH3 is 3. The second-order valence-electron chi connectivity index (χ2n) is 3.83. The van der Waals surface area contributed by atoms with Crippen molar-refractivity contribution in [3.05, 3.63) is 17.7 Å². The van der Waals surface area contributed by atoms with Gasteiger partial charge in [-0.05, 0) is 13.8 Å². The van der Waals surface area contributed by atoms with Crippen molar-refractivity contribution in [1.29, 1.82) is 0 Å². The third-order valence-electron chi connectivity index (χ3n) is 2.21. The highest BCUT2D eigenvalue weighted by molar-refractivity contribution is 5.87. The molecule has 0 aliphatic heterocycles. The Balaban J connectivity index is 3.10. The molecule has 0 amide bonds. The summed E-state index contributed by atoms with van der Waals surface area (Å²) in [6, 6.07) is 3.53. The van der Waals surface area contributed by atoms with Gasteiger partial charge in [0.05, 0.1) is 33.1 Å². The van der Waals surface area contributed by atoms with Crippen LogP contribution >= 0.6 is 0 Å². The molecule has 0 spiro atoms. The summed E-state index contributed by atoms with van der Waals surface area (Å²) in [6.07, 6.45) is 1.59. The van der Waals surface area contributed by atoms with Crippen LogP contribution in [-0.4, -0.2) is 33.6 Å². The van der Waals surface area contributed by atoms with Crippen LogP contribution in [0.4, 0.5) is 0 Å². The molecule has 1 aromatic carbocycles. The molecule has 1 rings (SSSR count). The SMILES string of the molecule is COc1cc(OC)c(/C=N/OC(C)C)c(OC)c1. The van der Waals surface area contributed by atoms with Crippen molar-refractivity contribution in [3.8, 4) is 17.2 Å². The first-order chi connectivity index (χ1) is 8.62. The van der Waals surface area contributed by atoms with E-state index in [0.29, 0.717) is 22.8 Å². The summed E-state index contributed by atoms with van der Waals surface area (Å²) >= 11 is 0. The van der Waals surface area contributed by atoms with Crippen LogP contribution in [0.3, 0.4) is 0 Å². The highest BCUT2D eigenvalue weighted by Gasteiger charge is 2.11. The van der Waals surface area contributed by atoms with E-state index in [1.807, 2.05) is 13.8 Å². The molecule has 1 aromatic rings. The predicted molar refractivity (Wildman–Crippen MR) is 69.9 cm³/mol. The molecule has 0 saturated carbocycles. The van der Waals surface area contributed by atoms with Gasteiger partial charge in [0.25, 0.3) is 0 Å². The number of oxime groups is 1. The number of nitrogens with zero attached hydrogens (tertiary/aromatic N) is 1. The second-order valence-corrected chi connectivity index (χ2v) is 3.83. The minimum absolute atomic E-state index is 0.0245. The molecule has 5 heteroatoms. The zero-order valence-corrected chi connectivity index (χ0v) is 11.4. The lowest BCUT2D eigenvalue weighted by Crippen LogP contribution is -2.00. The molecule has 100 valence electrons. The van der Waals surface area contributed by atoms with Gasteiger partial charge in [-0.2, -0.15) is 0 Å². The van der Waals surface area contributed by atoms with Gasteiger partial charge in [0.15, 0.2) is 0 Å². The average Bonchev–Trinajstić information content (AvgIpc) is 2.37. The van der Waals surface area contributed by atoms with Crippen molar-refractivity contribution in [2.45, 2.75) is 20.0 Å². The maximum Gasteiger partial charge on any atom is 0.135 e. The van der Waals surface area contributed by atoms with E-state index in [4.69, 9.17) is 19.0 Å². The lowest BCUT2D eigenvalue weighted by atomic mass is 10.2. The Hall–Kier alpha value is -1.91. The molecule has 0 heterocycles. The molecule has 0 N–H and O–H groups in total. The third kappa shape index (κ3) is 3.55. The first-order valence-corrected chi connectivity index (χ1v) is 5.61. The van der Waals surface area contributed by atoms with Gasteiger partial charge >= 0.3 is 0 Å². The molecular formula is C13H19NO4. The van der Waals surface area contributed by atoms with Crippen molar-refractivity contribution in [3.63, 3.8) is 0 Å². The highest BCUT2D eigenvalue weighted by atomic mass is 16.6. The van der Waals surface area contributed by atoms with Gasteiger partial charge in [0.1, 0.15) is 23.4 Å². The number of hydrogen-bond acceptors (Lipinski definition) is 5. The molecule has 5 nitrogen and oxygen atoms in total. The minimum Gasteiger partial charge on any atom is -0.496 e. The molecule has 0 bridgehead atoms. The topological polar surface area (TPSA) is 49.3 Å². The van der Waals surface area contributed by atoms with Gasteiger partial charge in [-0.3, -0.25) is 0 Å². The standard InChI is InChI=1S/C13H19NO4/c1-9(2)18-14-8-11-12(16-4)6-10(15-3)7-13(11)17-5/h6-9H,1-5H3/b14-8+. The van der Waals surface area contributed by atoms with E-state index in [-0.39, 0.29) is 6.10 Å². The van der Waals surface area contributed by atoms with Gasteiger partial charge in [-0.15, -0.1) is 0 Å². The van der Waals surface area contributed by atoms with Crippen LogP contribution in [-0.2, 0) is 4.84 Å². The Morgan fingerprint density at radius 1 is 1.00 bits per heavy atom. The van der Waals surface area contributed by atoms with E-state index >= 15 is 0 Å². The van der Waals surface area contributed by atoms with Crippen molar-refractivity contribution < 1.29 is 19.0 Å². The number of rotatable bonds is 6. The molecule has 0 unspecified atom stereocenters. The van der Waals surface area contributed by atoms with E-state index in [1.54, 1.807) is 39.7 Å². The molecule has 0 aromatic heterocycles. The maximum absolute atomic E-state index is 5.28. The fourth-order valence-corrected chi connectivity index (χ4v) is 1.36. The summed E-state index contributed by atoms with van der Waals surface area (Å²) in [5, 5.41) is 3.89. The first kappa shape index (κ1) is 14.2. The summed E-state index contributed by atoms with van der Waals surface area (Å²) in [6.45, 7) is 3.81. The van der Waals surface area contributed by atoms with E-state index < -0.39 is 0 Å². The molecule has 0 saturated heterocycles. The van der Waals surface area contributed by atoms with Crippen LogP contribution in [0.2, 0.25) is 0 Å². The first-order valence-electron chi connectivity index (χ1n) is 5.61. The van der Waals surface area contributed by atoms with Gasteiger partial charge in [-0.25, -0.2) is 0 Å². The van der Waals surface area contributed by atoms with Crippen LogP contribution in [0.25, 0.3) is 0 Å².